The van der Waals surface area contributed by atoms with Crippen molar-refractivity contribution in [2.24, 2.45) is 11.3 Å². The van der Waals surface area contributed by atoms with Gasteiger partial charge in [-0.2, -0.15) is 0 Å². The molecule has 3 aromatic rings. The number of aromatic amines is 1. The summed E-state index contributed by atoms with van der Waals surface area (Å²) in [5.74, 6) is 1.46. The van der Waals surface area contributed by atoms with Crippen molar-refractivity contribution >= 4 is 11.9 Å². The van der Waals surface area contributed by atoms with E-state index >= 15 is 0 Å². The van der Waals surface area contributed by atoms with Gasteiger partial charge in [-0.3, -0.25) is 4.79 Å². The number of hydrogen-bond acceptors (Lipinski definition) is 7. The zero-order valence-electron chi connectivity index (χ0n) is 21.6. The van der Waals surface area contributed by atoms with E-state index in [0.29, 0.717) is 34.8 Å². The summed E-state index contributed by atoms with van der Waals surface area (Å²) in [7, 11) is 0. The zero-order valence-corrected chi connectivity index (χ0v) is 21.6. The van der Waals surface area contributed by atoms with Crippen LogP contribution >= 0.6 is 0 Å². The van der Waals surface area contributed by atoms with Crippen molar-refractivity contribution in [1.82, 2.24) is 24.8 Å². The first-order valence-corrected chi connectivity index (χ1v) is 13.4. The minimum Gasteiger partial charge on any atom is -0.354 e. The van der Waals surface area contributed by atoms with Gasteiger partial charge in [0, 0.05) is 31.4 Å². The monoisotopic (exact) mass is 520 g/mol. The fourth-order valence-electron chi connectivity index (χ4n) is 5.01. The van der Waals surface area contributed by atoms with Crippen LogP contribution in [-0.2, 0) is 14.3 Å². The summed E-state index contributed by atoms with van der Waals surface area (Å²) in [6.45, 7) is 4.79. The lowest BCUT2D eigenvalue weighted by Crippen LogP contribution is -2.51. The quantitative estimate of drug-likeness (QED) is 0.471. The average molecular weight is 521 g/mol. The number of likely N-dealkylation sites (tertiary alicyclic amines) is 1. The Morgan fingerprint density at radius 1 is 1.11 bits per heavy atom. The lowest BCUT2D eigenvalue weighted by molar-refractivity contribution is -0.234. The lowest BCUT2D eigenvalue weighted by Gasteiger charge is -2.40. The fraction of sp³-hybridized carbons (Fsp3) is 0.500. The zero-order chi connectivity index (χ0) is 26.1. The molecule has 9 nitrogen and oxygen atoms in total. The Morgan fingerprint density at radius 3 is 2.55 bits per heavy atom. The number of carbonyl (C=O) groups is 1. The number of nitrogens with one attached hydrogen (secondary N) is 2. The van der Waals surface area contributed by atoms with Crippen LogP contribution in [0, 0.1) is 17.2 Å². The van der Waals surface area contributed by atoms with Crippen LogP contribution in [0.25, 0.3) is 22.6 Å². The summed E-state index contributed by atoms with van der Waals surface area (Å²) in [5.41, 5.74) is 1.91. The van der Waals surface area contributed by atoms with Crippen LogP contribution in [0.2, 0.25) is 0 Å². The topological polar surface area (TPSA) is 105 Å². The van der Waals surface area contributed by atoms with Crippen LogP contribution in [0.5, 0.6) is 0 Å². The number of hydrogen-bond donors (Lipinski definition) is 2. The first kappa shape index (κ1) is 24.9. The van der Waals surface area contributed by atoms with Gasteiger partial charge in [0.1, 0.15) is 5.82 Å². The van der Waals surface area contributed by atoms with E-state index in [1.165, 1.54) is 25.0 Å². The molecule has 1 amide bonds. The maximum Gasteiger partial charge on any atom is 0.233 e. The predicted octanol–water partition coefficient (Wildman–Crippen LogP) is 4.56. The molecule has 200 valence electrons. The number of halogens is 1. The number of amides is 1. The molecule has 0 unspecified atom stereocenters. The van der Waals surface area contributed by atoms with Crippen LogP contribution in [-0.4, -0.2) is 63.6 Å². The summed E-state index contributed by atoms with van der Waals surface area (Å²) < 4.78 is 25.8. The molecule has 2 N–H and O–H groups in total. The van der Waals surface area contributed by atoms with E-state index < -0.39 is 11.7 Å². The molecule has 6 rings (SSSR count). The molecule has 10 heteroatoms. The van der Waals surface area contributed by atoms with Gasteiger partial charge in [0.25, 0.3) is 0 Å². The lowest BCUT2D eigenvalue weighted by atomic mass is 9.89. The second-order valence-electron chi connectivity index (χ2n) is 10.8. The number of ether oxygens (including phenoxy) is 2. The number of piperidine rings is 1. The normalized spacial score (nSPS) is 23.8. The van der Waals surface area contributed by atoms with E-state index in [2.05, 4.69) is 15.3 Å². The summed E-state index contributed by atoms with van der Waals surface area (Å²) in [6.07, 6.45) is 6.64. The van der Waals surface area contributed by atoms with Crippen LogP contribution in [0.15, 0.2) is 36.5 Å². The number of aromatic nitrogens is 4. The van der Waals surface area contributed by atoms with Gasteiger partial charge in [-0.05, 0) is 75.3 Å². The Balaban J connectivity index is 1.25. The molecule has 1 aliphatic carbocycles. The van der Waals surface area contributed by atoms with E-state index in [4.69, 9.17) is 19.4 Å². The largest absolute Gasteiger partial charge is 0.354 e. The molecule has 1 saturated carbocycles. The van der Waals surface area contributed by atoms with Gasteiger partial charge >= 0.3 is 0 Å². The molecule has 3 fully saturated rings. The molecule has 4 heterocycles. The van der Waals surface area contributed by atoms with E-state index in [-0.39, 0.29) is 24.9 Å². The van der Waals surface area contributed by atoms with E-state index in [1.54, 1.807) is 18.3 Å². The molecular weight excluding hydrogens is 487 g/mol. The van der Waals surface area contributed by atoms with Gasteiger partial charge in [0.05, 0.1) is 35.7 Å². The number of rotatable bonds is 7. The molecule has 2 aromatic heterocycles. The number of benzene rings is 1. The third kappa shape index (κ3) is 5.28. The van der Waals surface area contributed by atoms with E-state index in [9.17, 15) is 9.18 Å². The Labute approximate surface area is 221 Å². The summed E-state index contributed by atoms with van der Waals surface area (Å²) in [4.78, 5) is 32.3. The van der Waals surface area contributed by atoms with Crippen molar-refractivity contribution < 1.29 is 18.7 Å². The van der Waals surface area contributed by atoms with Gasteiger partial charge in [0.15, 0.2) is 5.82 Å². The first-order valence-electron chi connectivity index (χ1n) is 13.4. The van der Waals surface area contributed by atoms with Gasteiger partial charge in [-0.25, -0.2) is 19.3 Å². The van der Waals surface area contributed by atoms with Gasteiger partial charge in [0.2, 0.25) is 18.1 Å². The highest BCUT2D eigenvalue weighted by atomic mass is 19.1. The van der Waals surface area contributed by atoms with Crippen molar-refractivity contribution in [2.75, 3.05) is 38.2 Å². The van der Waals surface area contributed by atoms with Crippen molar-refractivity contribution in [3.63, 3.8) is 0 Å². The Kier molecular flexibility index (Phi) is 6.84. The minimum absolute atomic E-state index is 0.0787. The van der Waals surface area contributed by atoms with Gasteiger partial charge in [-0.1, -0.05) is 0 Å². The van der Waals surface area contributed by atoms with E-state index in [0.717, 1.165) is 44.5 Å². The average Bonchev–Trinajstić information content (AvgIpc) is 3.69. The fourth-order valence-corrected chi connectivity index (χ4v) is 5.01. The number of imidazole rings is 1. The van der Waals surface area contributed by atoms with Crippen LogP contribution < -0.4 is 5.32 Å². The highest BCUT2D eigenvalue weighted by Crippen LogP contribution is 2.36. The number of carbonyl (C=O) groups excluding carboxylic acids is 1. The van der Waals surface area contributed by atoms with Crippen LogP contribution in [0.3, 0.4) is 0 Å². The summed E-state index contributed by atoms with van der Waals surface area (Å²) in [5, 5.41) is 3.31. The SMILES string of the molecule is CC1(C(=O)N2CCCCC2)COC(c2nc(-c3ccc(F)cc3)c(-c3ccnc(NCC4CC4)n3)[nH]2)OC1. The van der Waals surface area contributed by atoms with Gasteiger partial charge in [-0.15, -0.1) is 0 Å². The molecule has 1 aromatic carbocycles. The molecule has 0 spiro atoms. The molecule has 0 atom stereocenters. The molecule has 2 aliphatic heterocycles. The summed E-state index contributed by atoms with van der Waals surface area (Å²) in [6, 6.07) is 7.98. The van der Waals surface area contributed by atoms with Crippen molar-refractivity contribution in [3.05, 3.63) is 48.2 Å². The number of H-pyrrole nitrogens is 1. The Morgan fingerprint density at radius 2 is 1.84 bits per heavy atom. The second-order valence-corrected chi connectivity index (χ2v) is 10.8. The molecule has 3 aliphatic rings. The third-order valence-electron chi connectivity index (χ3n) is 7.49. The molecule has 38 heavy (non-hydrogen) atoms. The second kappa shape index (κ2) is 10.4. The summed E-state index contributed by atoms with van der Waals surface area (Å²) >= 11 is 0. The molecule has 0 bridgehead atoms. The minimum atomic E-state index is -0.764. The van der Waals surface area contributed by atoms with Crippen molar-refractivity contribution in [3.8, 4) is 22.6 Å². The van der Waals surface area contributed by atoms with Crippen molar-refractivity contribution in [2.45, 2.75) is 45.3 Å². The molecular formula is C28H33FN6O3. The first-order chi connectivity index (χ1) is 18.5. The maximum absolute atomic E-state index is 13.7. The predicted molar refractivity (Wildman–Crippen MR) is 139 cm³/mol. The standard InChI is InChI=1S/C28H33FN6O3/c1-28(26(36)35-13-3-2-4-14-35)16-37-25(38-17-28)24-33-22(19-7-9-20(29)10-8-19)23(34-24)21-11-12-30-27(32-21)31-15-18-5-6-18/h7-12,18,25H,2-6,13-17H2,1H3,(H,33,34)(H,30,31,32). The van der Waals surface area contributed by atoms with Crippen molar-refractivity contribution in [1.29, 1.82) is 0 Å². The molecule has 0 radical (unpaired) electrons. The van der Waals surface area contributed by atoms with Crippen LogP contribution in [0.4, 0.5) is 10.3 Å². The Bertz CT molecular complexity index is 1280. The smallest absolute Gasteiger partial charge is 0.233 e. The third-order valence-corrected chi connectivity index (χ3v) is 7.49. The Hall–Kier alpha value is -3.37. The number of nitrogens with zero attached hydrogens (tertiary/aromatic N) is 4. The highest BCUT2D eigenvalue weighted by Gasteiger charge is 2.43. The molecule has 2 saturated heterocycles. The number of anilines is 1. The maximum atomic E-state index is 13.7. The highest BCUT2D eigenvalue weighted by molar-refractivity contribution is 5.83. The van der Waals surface area contributed by atoms with E-state index in [1.807, 2.05) is 17.9 Å². The van der Waals surface area contributed by atoms with Crippen LogP contribution in [0.1, 0.15) is 51.1 Å². The van der Waals surface area contributed by atoms with Gasteiger partial charge < -0.3 is 24.7 Å².